The zero-order valence-electron chi connectivity index (χ0n) is 20.9. The Morgan fingerprint density at radius 2 is 1.83 bits per heavy atom. The number of hydrogen-bond donors (Lipinski definition) is 1. The molecule has 6 nitrogen and oxygen atoms in total. The van der Waals surface area contributed by atoms with Crippen LogP contribution in [0.15, 0.2) is 65.3 Å². The van der Waals surface area contributed by atoms with Crippen molar-refractivity contribution in [3.05, 3.63) is 77.8 Å². The fourth-order valence-corrected chi connectivity index (χ4v) is 4.14. The van der Waals surface area contributed by atoms with E-state index in [2.05, 4.69) is 5.32 Å². The number of benzene rings is 3. The van der Waals surface area contributed by atoms with Crippen molar-refractivity contribution < 1.29 is 27.8 Å². The lowest BCUT2D eigenvalue weighted by molar-refractivity contribution is -0.111. The second-order valence-corrected chi connectivity index (χ2v) is 8.23. The second-order valence-electron chi connectivity index (χ2n) is 8.23. The molecule has 0 saturated heterocycles. The van der Waals surface area contributed by atoms with Gasteiger partial charge in [-0.25, -0.2) is 4.39 Å². The average Bonchev–Trinajstić information content (AvgIpc) is 3.30. The highest BCUT2D eigenvalue weighted by atomic mass is 19.1. The zero-order valence-corrected chi connectivity index (χ0v) is 20.9. The number of hydrogen-bond acceptors (Lipinski definition) is 5. The highest BCUT2D eigenvalue weighted by molar-refractivity contribution is 6.06. The van der Waals surface area contributed by atoms with Crippen LogP contribution >= 0.6 is 0 Å². The molecule has 36 heavy (non-hydrogen) atoms. The zero-order chi connectivity index (χ0) is 25.8. The second kappa shape index (κ2) is 10.6. The van der Waals surface area contributed by atoms with Crippen LogP contribution in [0, 0.1) is 12.7 Å². The fraction of sp³-hybridized carbons (Fsp3) is 0.207. The molecule has 1 heterocycles. The lowest BCUT2D eigenvalue weighted by Crippen LogP contribution is -2.10. The van der Waals surface area contributed by atoms with Gasteiger partial charge in [0.15, 0.2) is 0 Å². The van der Waals surface area contributed by atoms with Crippen molar-refractivity contribution in [2.45, 2.75) is 20.8 Å². The summed E-state index contributed by atoms with van der Waals surface area (Å²) in [6, 6.07) is 13.4. The molecule has 0 atom stereocenters. The minimum atomic E-state index is -0.317. The topological polar surface area (TPSA) is 69.9 Å². The van der Waals surface area contributed by atoms with E-state index in [1.54, 1.807) is 43.7 Å². The van der Waals surface area contributed by atoms with Crippen molar-refractivity contribution in [1.29, 1.82) is 0 Å². The van der Waals surface area contributed by atoms with Gasteiger partial charge in [-0.2, -0.15) is 0 Å². The normalized spacial score (nSPS) is 11.4. The van der Waals surface area contributed by atoms with Crippen molar-refractivity contribution in [3.63, 3.8) is 0 Å². The van der Waals surface area contributed by atoms with Gasteiger partial charge in [0.2, 0.25) is 5.91 Å². The molecule has 7 heteroatoms. The Bertz CT molecular complexity index is 1440. The predicted octanol–water partition coefficient (Wildman–Crippen LogP) is 7.01. The number of furan rings is 1. The molecule has 0 bridgehead atoms. The van der Waals surface area contributed by atoms with E-state index in [4.69, 9.17) is 18.6 Å². The number of allylic oxidation sites excluding steroid dienone is 1. The lowest BCUT2D eigenvalue weighted by Gasteiger charge is -2.15. The number of ether oxygens (including phenoxy) is 3. The summed E-state index contributed by atoms with van der Waals surface area (Å²) >= 11 is 0. The summed E-state index contributed by atoms with van der Waals surface area (Å²) in [5.74, 6) is 1.14. The third-order valence-electron chi connectivity index (χ3n) is 5.93. The van der Waals surface area contributed by atoms with Gasteiger partial charge >= 0.3 is 0 Å². The van der Waals surface area contributed by atoms with Crippen LogP contribution in [0.25, 0.3) is 27.7 Å². The van der Waals surface area contributed by atoms with Crippen LogP contribution in [-0.2, 0) is 4.79 Å². The third-order valence-corrected chi connectivity index (χ3v) is 5.93. The van der Waals surface area contributed by atoms with Gasteiger partial charge < -0.3 is 23.9 Å². The van der Waals surface area contributed by atoms with E-state index >= 15 is 0 Å². The summed E-state index contributed by atoms with van der Waals surface area (Å²) in [7, 11) is 3.09. The number of halogens is 1. The number of amides is 1. The van der Waals surface area contributed by atoms with Gasteiger partial charge in [-0.05, 0) is 62.2 Å². The summed E-state index contributed by atoms with van der Waals surface area (Å²) in [4.78, 5) is 12.9. The summed E-state index contributed by atoms with van der Waals surface area (Å²) in [5.41, 5.74) is 5.17. The maximum Gasteiger partial charge on any atom is 0.248 e. The van der Waals surface area contributed by atoms with Gasteiger partial charge in [0.05, 0.1) is 32.8 Å². The van der Waals surface area contributed by atoms with Crippen molar-refractivity contribution in [3.8, 4) is 28.4 Å². The Kier molecular flexibility index (Phi) is 7.29. The number of anilines is 1. The van der Waals surface area contributed by atoms with Gasteiger partial charge in [0, 0.05) is 34.2 Å². The van der Waals surface area contributed by atoms with E-state index in [9.17, 15) is 9.18 Å². The summed E-state index contributed by atoms with van der Waals surface area (Å²) < 4.78 is 35.9. The Hall–Kier alpha value is -4.26. The molecule has 3 aromatic carbocycles. The number of rotatable bonds is 8. The molecule has 0 saturated carbocycles. The number of nitrogens with one attached hydrogen (secondary N) is 1. The van der Waals surface area contributed by atoms with Crippen LogP contribution in [0.1, 0.15) is 25.0 Å². The standard InChI is InChI=1S/C29H28FNO5/c1-6-35-28-18(3)29-23(24(16-36-29)19-7-9-20(30)10-8-19)15-22(28)17(2)13-27(32)31-25-12-11-21(33-4)14-26(25)34-5/h7-16H,6H2,1-5H3,(H,31,32)/b17-13+. The Morgan fingerprint density at radius 1 is 1.08 bits per heavy atom. The first-order valence-electron chi connectivity index (χ1n) is 11.5. The number of aryl methyl sites for hydroxylation is 1. The summed E-state index contributed by atoms with van der Waals surface area (Å²) in [6.45, 7) is 6.13. The molecule has 1 N–H and O–H groups in total. The van der Waals surface area contributed by atoms with Crippen LogP contribution in [0.3, 0.4) is 0 Å². The Balaban J connectivity index is 1.75. The summed E-state index contributed by atoms with van der Waals surface area (Å²) in [5, 5.41) is 3.71. The molecule has 0 spiro atoms. The first kappa shape index (κ1) is 24.9. The summed E-state index contributed by atoms with van der Waals surface area (Å²) in [6.07, 6.45) is 3.18. The first-order valence-corrected chi connectivity index (χ1v) is 11.5. The van der Waals surface area contributed by atoms with Gasteiger partial charge in [-0.15, -0.1) is 0 Å². The van der Waals surface area contributed by atoms with Crippen LogP contribution < -0.4 is 19.5 Å². The van der Waals surface area contributed by atoms with Crippen LogP contribution in [0.4, 0.5) is 10.1 Å². The third kappa shape index (κ3) is 4.91. The van der Waals surface area contributed by atoms with Gasteiger partial charge in [-0.1, -0.05) is 12.1 Å². The quantitative estimate of drug-likeness (QED) is 0.270. The molecule has 4 aromatic rings. The van der Waals surface area contributed by atoms with E-state index in [1.165, 1.54) is 25.3 Å². The van der Waals surface area contributed by atoms with E-state index in [0.717, 1.165) is 27.6 Å². The molecule has 0 aliphatic rings. The minimum absolute atomic E-state index is 0.305. The number of carbonyl (C=O) groups is 1. The van der Waals surface area contributed by atoms with E-state index in [-0.39, 0.29) is 11.7 Å². The smallest absolute Gasteiger partial charge is 0.248 e. The molecular formula is C29H28FNO5. The van der Waals surface area contributed by atoms with E-state index < -0.39 is 0 Å². The molecule has 4 rings (SSSR count). The van der Waals surface area contributed by atoms with Crippen LogP contribution in [-0.4, -0.2) is 26.7 Å². The lowest BCUT2D eigenvalue weighted by atomic mass is 9.96. The maximum absolute atomic E-state index is 13.5. The number of methoxy groups -OCH3 is 2. The molecule has 1 amide bonds. The fourth-order valence-electron chi connectivity index (χ4n) is 4.14. The largest absolute Gasteiger partial charge is 0.497 e. The maximum atomic E-state index is 13.5. The molecule has 1 aromatic heterocycles. The molecular weight excluding hydrogens is 461 g/mol. The number of carbonyl (C=O) groups excluding carboxylic acids is 1. The van der Waals surface area contributed by atoms with Crippen molar-refractivity contribution in [2.75, 3.05) is 26.1 Å². The van der Waals surface area contributed by atoms with E-state index in [0.29, 0.717) is 40.7 Å². The SMILES string of the molecule is CCOc1c(/C(C)=C/C(=O)Nc2ccc(OC)cc2OC)cc2c(-c3ccc(F)cc3)coc2c1C. The van der Waals surface area contributed by atoms with Gasteiger partial charge in [0.1, 0.15) is 28.6 Å². The van der Waals surface area contributed by atoms with Gasteiger partial charge in [-0.3, -0.25) is 4.79 Å². The van der Waals surface area contributed by atoms with Crippen LogP contribution in [0.2, 0.25) is 0 Å². The molecule has 0 fully saturated rings. The first-order chi connectivity index (χ1) is 17.4. The van der Waals surface area contributed by atoms with Crippen molar-refractivity contribution in [1.82, 2.24) is 0 Å². The monoisotopic (exact) mass is 489 g/mol. The number of fused-ring (bicyclic) bond motifs is 1. The van der Waals surface area contributed by atoms with Crippen molar-refractivity contribution in [2.24, 2.45) is 0 Å². The molecule has 0 unspecified atom stereocenters. The highest BCUT2D eigenvalue weighted by Crippen LogP contribution is 2.41. The van der Waals surface area contributed by atoms with Gasteiger partial charge in [0.25, 0.3) is 0 Å². The Morgan fingerprint density at radius 3 is 2.50 bits per heavy atom. The highest BCUT2D eigenvalue weighted by Gasteiger charge is 2.19. The molecule has 186 valence electrons. The average molecular weight is 490 g/mol. The van der Waals surface area contributed by atoms with Crippen LogP contribution in [0.5, 0.6) is 17.2 Å². The minimum Gasteiger partial charge on any atom is -0.497 e. The molecule has 0 radical (unpaired) electrons. The molecule has 0 aliphatic heterocycles. The van der Waals surface area contributed by atoms with E-state index in [1.807, 2.05) is 26.8 Å². The molecule has 0 aliphatic carbocycles. The predicted molar refractivity (Wildman–Crippen MR) is 139 cm³/mol. The van der Waals surface area contributed by atoms with Crippen molar-refractivity contribution >= 4 is 28.1 Å². The Labute approximate surface area is 209 Å².